The monoisotopic (exact) mass is 289 g/mol. The number of rotatable bonds is 3. The van der Waals surface area contributed by atoms with Gasteiger partial charge in [0.25, 0.3) is 0 Å². The highest BCUT2D eigenvalue weighted by atomic mass is 35.5. The summed E-state index contributed by atoms with van der Waals surface area (Å²) in [6.45, 7) is 0.543. The molecular weight excluding hydrogens is 273 g/mol. The van der Waals surface area contributed by atoms with E-state index in [0.29, 0.717) is 17.5 Å². The second-order valence-corrected chi connectivity index (χ2v) is 6.03. The molecule has 0 aliphatic heterocycles. The smallest absolute Gasteiger partial charge is 0.124 e. The maximum Gasteiger partial charge on any atom is 0.124 e. The third kappa shape index (κ3) is 2.23. The van der Waals surface area contributed by atoms with E-state index in [1.807, 2.05) is 6.07 Å². The van der Waals surface area contributed by atoms with Gasteiger partial charge in [0.1, 0.15) is 5.82 Å². The Morgan fingerprint density at radius 3 is 2.45 bits per heavy atom. The standard InChI is InChI=1S/C17H17ClFN/c18-16-8-14(19)6-7-15(16)17(11-20)9-13(10-17)12-4-2-1-3-5-12/h1-8,13H,9-11,20H2. The summed E-state index contributed by atoms with van der Waals surface area (Å²) in [5, 5.41) is 0.488. The molecule has 0 heterocycles. The molecule has 1 nitrogen and oxygen atoms in total. The number of halogens is 2. The Labute approximate surface area is 123 Å². The molecule has 3 heteroatoms. The summed E-state index contributed by atoms with van der Waals surface area (Å²) in [4.78, 5) is 0. The van der Waals surface area contributed by atoms with Crippen molar-refractivity contribution in [3.63, 3.8) is 0 Å². The molecule has 0 saturated heterocycles. The van der Waals surface area contributed by atoms with Crippen LogP contribution in [0.1, 0.15) is 29.9 Å². The second kappa shape index (κ2) is 5.19. The molecule has 0 amide bonds. The van der Waals surface area contributed by atoms with Crippen LogP contribution in [-0.2, 0) is 5.41 Å². The lowest BCUT2D eigenvalue weighted by Crippen LogP contribution is -2.46. The first-order valence-corrected chi connectivity index (χ1v) is 7.23. The van der Waals surface area contributed by atoms with E-state index in [1.165, 1.54) is 17.7 Å². The molecule has 1 aliphatic carbocycles. The van der Waals surface area contributed by atoms with E-state index >= 15 is 0 Å². The van der Waals surface area contributed by atoms with E-state index in [9.17, 15) is 4.39 Å². The summed E-state index contributed by atoms with van der Waals surface area (Å²) in [5.41, 5.74) is 8.21. The first kappa shape index (κ1) is 13.6. The van der Waals surface area contributed by atoms with Crippen LogP contribution in [0.25, 0.3) is 0 Å². The van der Waals surface area contributed by atoms with Crippen LogP contribution >= 0.6 is 11.6 Å². The van der Waals surface area contributed by atoms with Gasteiger partial charge in [-0.25, -0.2) is 4.39 Å². The molecular formula is C17H17ClFN. The molecule has 0 bridgehead atoms. The summed E-state index contributed by atoms with van der Waals surface area (Å²) in [5.74, 6) is 0.214. The highest BCUT2D eigenvalue weighted by Crippen LogP contribution is 2.53. The van der Waals surface area contributed by atoms with Crippen molar-refractivity contribution >= 4 is 11.6 Å². The van der Waals surface area contributed by atoms with Crippen molar-refractivity contribution in [3.8, 4) is 0 Å². The molecule has 1 fully saturated rings. The van der Waals surface area contributed by atoms with Gasteiger partial charge in [-0.2, -0.15) is 0 Å². The summed E-state index contributed by atoms with van der Waals surface area (Å²) in [6, 6.07) is 15.1. The average Bonchev–Trinajstić information content (AvgIpc) is 2.41. The van der Waals surface area contributed by atoms with Crippen molar-refractivity contribution in [2.45, 2.75) is 24.2 Å². The first-order chi connectivity index (χ1) is 9.64. The van der Waals surface area contributed by atoms with E-state index in [1.54, 1.807) is 6.07 Å². The fourth-order valence-electron chi connectivity index (χ4n) is 3.26. The third-order valence-corrected chi connectivity index (χ3v) is 4.75. The summed E-state index contributed by atoms with van der Waals surface area (Å²) in [6.07, 6.45) is 1.94. The number of hydrogen-bond donors (Lipinski definition) is 1. The van der Waals surface area contributed by atoms with Crippen LogP contribution in [0, 0.1) is 5.82 Å². The van der Waals surface area contributed by atoms with Gasteiger partial charge < -0.3 is 5.73 Å². The maximum absolute atomic E-state index is 13.2. The van der Waals surface area contributed by atoms with Gasteiger partial charge in [0, 0.05) is 17.0 Å². The van der Waals surface area contributed by atoms with Crippen molar-refractivity contribution in [1.29, 1.82) is 0 Å². The Hall–Kier alpha value is -1.38. The van der Waals surface area contributed by atoms with Gasteiger partial charge in [0.05, 0.1) is 0 Å². The quantitative estimate of drug-likeness (QED) is 0.898. The topological polar surface area (TPSA) is 26.0 Å². The molecule has 2 N–H and O–H groups in total. The Morgan fingerprint density at radius 1 is 1.15 bits per heavy atom. The Morgan fingerprint density at radius 2 is 1.85 bits per heavy atom. The van der Waals surface area contributed by atoms with Gasteiger partial charge in [-0.1, -0.05) is 48.0 Å². The minimum atomic E-state index is -0.301. The molecule has 0 spiro atoms. The normalized spacial score (nSPS) is 25.2. The predicted octanol–water partition coefficient (Wildman–Crippen LogP) is 4.25. The van der Waals surface area contributed by atoms with Gasteiger partial charge in [-0.3, -0.25) is 0 Å². The van der Waals surface area contributed by atoms with Crippen molar-refractivity contribution in [2.75, 3.05) is 6.54 Å². The summed E-state index contributed by atoms with van der Waals surface area (Å²) >= 11 is 6.20. The van der Waals surface area contributed by atoms with E-state index < -0.39 is 0 Å². The number of nitrogens with two attached hydrogens (primary N) is 1. The second-order valence-electron chi connectivity index (χ2n) is 5.62. The van der Waals surface area contributed by atoms with E-state index in [4.69, 9.17) is 17.3 Å². The molecule has 2 aromatic rings. The van der Waals surface area contributed by atoms with Crippen LogP contribution in [0.3, 0.4) is 0 Å². The molecule has 2 aromatic carbocycles. The SMILES string of the molecule is NCC1(c2ccc(F)cc2Cl)CC(c2ccccc2)C1. The lowest BCUT2D eigenvalue weighted by molar-refractivity contribution is 0.209. The van der Waals surface area contributed by atoms with Gasteiger partial charge in [-0.05, 0) is 42.0 Å². The van der Waals surface area contributed by atoms with Crippen molar-refractivity contribution in [1.82, 2.24) is 0 Å². The highest BCUT2D eigenvalue weighted by molar-refractivity contribution is 6.31. The molecule has 0 atom stereocenters. The van der Waals surface area contributed by atoms with Crippen molar-refractivity contribution < 1.29 is 4.39 Å². The predicted molar refractivity (Wildman–Crippen MR) is 80.6 cm³/mol. The average molecular weight is 290 g/mol. The fraction of sp³-hybridized carbons (Fsp3) is 0.294. The molecule has 3 rings (SSSR count). The molecule has 104 valence electrons. The summed E-state index contributed by atoms with van der Waals surface area (Å²) in [7, 11) is 0. The molecule has 0 unspecified atom stereocenters. The lowest BCUT2D eigenvalue weighted by Gasteiger charge is -2.48. The van der Waals surface area contributed by atoms with Crippen molar-refractivity contribution in [2.24, 2.45) is 5.73 Å². The molecule has 0 radical (unpaired) electrons. The molecule has 0 aromatic heterocycles. The molecule has 20 heavy (non-hydrogen) atoms. The van der Waals surface area contributed by atoms with Crippen LogP contribution in [0.5, 0.6) is 0 Å². The van der Waals surface area contributed by atoms with E-state index in [2.05, 4.69) is 24.3 Å². The van der Waals surface area contributed by atoms with Crippen LogP contribution < -0.4 is 5.73 Å². The van der Waals surface area contributed by atoms with Gasteiger partial charge in [0.2, 0.25) is 0 Å². The van der Waals surface area contributed by atoms with Gasteiger partial charge in [0.15, 0.2) is 0 Å². The Balaban J connectivity index is 1.85. The maximum atomic E-state index is 13.2. The molecule has 1 saturated carbocycles. The highest BCUT2D eigenvalue weighted by Gasteiger charge is 2.45. The van der Waals surface area contributed by atoms with Crippen LogP contribution in [0.15, 0.2) is 48.5 Å². The Kier molecular flexibility index (Phi) is 3.53. The van der Waals surface area contributed by atoms with Gasteiger partial charge in [-0.15, -0.1) is 0 Å². The number of hydrogen-bond acceptors (Lipinski definition) is 1. The largest absolute Gasteiger partial charge is 0.330 e. The van der Waals surface area contributed by atoms with E-state index in [0.717, 1.165) is 18.4 Å². The zero-order chi connectivity index (χ0) is 14.2. The van der Waals surface area contributed by atoms with Crippen LogP contribution in [0.2, 0.25) is 5.02 Å². The van der Waals surface area contributed by atoms with Crippen LogP contribution in [-0.4, -0.2) is 6.54 Å². The minimum absolute atomic E-state index is 0.106. The Bertz CT molecular complexity index is 606. The first-order valence-electron chi connectivity index (χ1n) is 6.85. The zero-order valence-corrected chi connectivity index (χ0v) is 11.9. The lowest BCUT2D eigenvalue weighted by atomic mass is 9.57. The fourth-order valence-corrected chi connectivity index (χ4v) is 3.63. The minimum Gasteiger partial charge on any atom is -0.330 e. The molecule has 1 aliphatic rings. The van der Waals surface area contributed by atoms with E-state index in [-0.39, 0.29) is 11.2 Å². The number of benzene rings is 2. The summed E-state index contributed by atoms with van der Waals surface area (Å²) < 4.78 is 13.2. The third-order valence-electron chi connectivity index (χ3n) is 4.44. The van der Waals surface area contributed by atoms with Gasteiger partial charge >= 0.3 is 0 Å². The van der Waals surface area contributed by atoms with Crippen molar-refractivity contribution in [3.05, 3.63) is 70.5 Å². The zero-order valence-electron chi connectivity index (χ0n) is 11.2. The van der Waals surface area contributed by atoms with Crippen LogP contribution in [0.4, 0.5) is 4.39 Å².